The molecule has 0 bridgehead atoms. The molecule has 160 valence electrons. The monoisotopic (exact) mass is 437 g/mol. The van der Waals surface area contributed by atoms with E-state index in [4.69, 9.17) is 9.26 Å². The molecule has 0 atom stereocenters. The summed E-state index contributed by atoms with van der Waals surface area (Å²) in [5.41, 5.74) is 1.84. The van der Waals surface area contributed by atoms with Crippen LogP contribution in [0.5, 0.6) is 5.75 Å². The number of anilines is 1. The van der Waals surface area contributed by atoms with Crippen molar-refractivity contribution in [3.63, 3.8) is 0 Å². The molecule has 0 aliphatic rings. The average Bonchev–Trinajstić information content (AvgIpc) is 3.43. The lowest BCUT2D eigenvalue weighted by molar-refractivity contribution is -0.121. The molecule has 0 fully saturated rings. The molecule has 0 saturated carbocycles. The predicted molar refractivity (Wildman–Crippen MR) is 120 cm³/mol. The summed E-state index contributed by atoms with van der Waals surface area (Å²) in [5, 5.41) is 11.0. The van der Waals surface area contributed by atoms with Gasteiger partial charge in [-0.1, -0.05) is 28.6 Å². The van der Waals surface area contributed by atoms with Gasteiger partial charge in [-0.25, -0.2) is 4.98 Å². The number of ether oxygens (including phenoxy) is 1. The highest BCUT2D eigenvalue weighted by molar-refractivity contribution is 7.22. The van der Waals surface area contributed by atoms with Crippen LogP contribution in [0, 0.1) is 0 Å². The highest BCUT2D eigenvalue weighted by Gasteiger charge is 2.10. The van der Waals surface area contributed by atoms with Gasteiger partial charge in [-0.15, -0.1) is 0 Å². The summed E-state index contributed by atoms with van der Waals surface area (Å²) in [7, 11) is 1.62. The number of amides is 1. The number of nitrogens with one attached hydrogen (secondary N) is 2. The first-order valence-corrected chi connectivity index (χ1v) is 10.9. The number of carbonyl (C=O) groups is 1. The quantitative estimate of drug-likeness (QED) is 0.363. The third-order valence-electron chi connectivity index (χ3n) is 4.63. The Hall–Kier alpha value is -3.46. The Morgan fingerprint density at radius 3 is 2.74 bits per heavy atom. The first-order chi connectivity index (χ1) is 15.2. The number of thiazole rings is 1. The average molecular weight is 438 g/mol. The fraction of sp³-hybridized carbons (Fsp3) is 0.273. The maximum Gasteiger partial charge on any atom is 0.226 e. The molecule has 2 aromatic heterocycles. The molecule has 0 aliphatic carbocycles. The number of aryl methyl sites for hydroxylation is 1. The minimum absolute atomic E-state index is 0.000920. The molecule has 1 amide bonds. The highest BCUT2D eigenvalue weighted by Crippen LogP contribution is 2.25. The van der Waals surface area contributed by atoms with Gasteiger partial charge in [0, 0.05) is 31.5 Å². The molecule has 31 heavy (non-hydrogen) atoms. The molecule has 4 aromatic rings. The molecule has 0 aliphatic heterocycles. The second-order valence-corrected chi connectivity index (χ2v) is 7.89. The van der Waals surface area contributed by atoms with Crippen LogP contribution < -0.4 is 15.4 Å². The van der Waals surface area contributed by atoms with Gasteiger partial charge in [0.15, 0.2) is 5.13 Å². The number of fused-ring (bicyclic) bond motifs is 1. The molecule has 2 heterocycles. The van der Waals surface area contributed by atoms with Crippen molar-refractivity contribution in [1.29, 1.82) is 0 Å². The van der Waals surface area contributed by atoms with Gasteiger partial charge in [-0.3, -0.25) is 4.79 Å². The lowest BCUT2D eigenvalue weighted by atomic mass is 10.2. The number of para-hydroxylation sites is 1. The molecule has 0 radical (unpaired) electrons. The third kappa shape index (κ3) is 5.58. The zero-order chi connectivity index (χ0) is 21.5. The second-order valence-electron chi connectivity index (χ2n) is 6.86. The zero-order valence-electron chi connectivity index (χ0n) is 17.1. The van der Waals surface area contributed by atoms with E-state index in [9.17, 15) is 4.79 Å². The maximum atomic E-state index is 12.0. The molecular weight excluding hydrogens is 414 g/mol. The summed E-state index contributed by atoms with van der Waals surface area (Å²) in [4.78, 5) is 20.9. The Morgan fingerprint density at radius 2 is 1.94 bits per heavy atom. The Morgan fingerprint density at radius 1 is 1.10 bits per heavy atom. The summed E-state index contributed by atoms with van der Waals surface area (Å²) < 4.78 is 11.6. The van der Waals surface area contributed by atoms with Crippen LogP contribution in [-0.4, -0.2) is 41.2 Å². The van der Waals surface area contributed by atoms with Gasteiger partial charge >= 0.3 is 0 Å². The van der Waals surface area contributed by atoms with Gasteiger partial charge in [0.05, 0.1) is 17.3 Å². The smallest absolute Gasteiger partial charge is 0.226 e. The number of nitrogens with zero attached hydrogens (tertiary/aromatic N) is 3. The number of hydrogen-bond acceptors (Lipinski definition) is 8. The van der Waals surface area contributed by atoms with Crippen LogP contribution in [0.15, 0.2) is 53.1 Å². The minimum atomic E-state index is 0.000920. The Labute approximate surface area is 183 Å². The van der Waals surface area contributed by atoms with Gasteiger partial charge in [0.25, 0.3) is 0 Å². The van der Waals surface area contributed by atoms with Crippen LogP contribution in [0.25, 0.3) is 21.6 Å². The lowest BCUT2D eigenvalue weighted by Crippen LogP contribution is -2.28. The van der Waals surface area contributed by atoms with E-state index < -0.39 is 0 Å². The van der Waals surface area contributed by atoms with E-state index in [1.165, 1.54) is 0 Å². The fourth-order valence-corrected chi connectivity index (χ4v) is 3.91. The largest absolute Gasteiger partial charge is 0.497 e. The predicted octanol–water partition coefficient (Wildman–Crippen LogP) is 3.91. The van der Waals surface area contributed by atoms with Crippen LogP contribution in [0.3, 0.4) is 0 Å². The first kappa shape index (κ1) is 20.8. The van der Waals surface area contributed by atoms with Crippen molar-refractivity contribution in [3.05, 3.63) is 54.4 Å². The molecule has 2 aromatic carbocycles. The van der Waals surface area contributed by atoms with Crippen LogP contribution in [0.2, 0.25) is 0 Å². The Kier molecular flexibility index (Phi) is 6.73. The first-order valence-electron chi connectivity index (χ1n) is 10.0. The van der Waals surface area contributed by atoms with Crippen molar-refractivity contribution in [3.8, 4) is 17.1 Å². The van der Waals surface area contributed by atoms with Crippen LogP contribution in [-0.2, 0) is 11.2 Å². The summed E-state index contributed by atoms with van der Waals surface area (Å²) >= 11 is 1.61. The Balaban J connectivity index is 1.14. The summed E-state index contributed by atoms with van der Waals surface area (Å²) in [6.45, 7) is 1.16. The molecule has 8 nitrogen and oxygen atoms in total. The van der Waals surface area contributed by atoms with Gasteiger partial charge in [0.1, 0.15) is 5.75 Å². The molecule has 0 unspecified atom stereocenters. The SMILES string of the molecule is COc1ccc(-c2noc(CCCC(=O)NCCNc3nc4ccccc4s3)n2)cc1. The lowest BCUT2D eigenvalue weighted by Gasteiger charge is -2.05. The third-order valence-corrected chi connectivity index (χ3v) is 5.62. The minimum Gasteiger partial charge on any atom is -0.497 e. The van der Waals surface area contributed by atoms with E-state index >= 15 is 0 Å². The van der Waals surface area contributed by atoms with Crippen molar-refractivity contribution in [1.82, 2.24) is 20.4 Å². The van der Waals surface area contributed by atoms with Crippen LogP contribution >= 0.6 is 11.3 Å². The van der Waals surface area contributed by atoms with Crippen molar-refractivity contribution < 1.29 is 14.1 Å². The number of aromatic nitrogens is 3. The van der Waals surface area contributed by atoms with Crippen molar-refractivity contribution in [2.45, 2.75) is 19.3 Å². The van der Waals surface area contributed by atoms with Gasteiger partial charge in [-0.2, -0.15) is 4.98 Å². The summed E-state index contributed by atoms with van der Waals surface area (Å²) in [5.74, 6) is 1.83. The number of carbonyl (C=O) groups excluding carboxylic acids is 1. The van der Waals surface area contributed by atoms with Crippen molar-refractivity contribution in [2.24, 2.45) is 0 Å². The van der Waals surface area contributed by atoms with E-state index in [2.05, 4.69) is 25.8 Å². The van der Waals surface area contributed by atoms with Gasteiger partial charge < -0.3 is 19.9 Å². The molecule has 4 rings (SSSR count). The second kappa shape index (κ2) is 10.0. The van der Waals surface area contributed by atoms with E-state index in [0.29, 0.717) is 44.1 Å². The number of methoxy groups -OCH3 is 1. The van der Waals surface area contributed by atoms with Crippen molar-refractivity contribution >= 4 is 32.6 Å². The number of benzene rings is 2. The molecule has 9 heteroatoms. The fourth-order valence-electron chi connectivity index (χ4n) is 3.02. The number of rotatable bonds is 10. The molecular formula is C22H23N5O3S. The van der Waals surface area contributed by atoms with Crippen LogP contribution in [0.1, 0.15) is 18.7 Å². The normalized spacial score (nSPS) is 10.9. The van der Waals surface area contributed by atoms with Gasteiger partial charge in [0.2, 0.25) is 17.6 Å². The van der Waals surface area contributed by atoms with E-state index in [1.807, 2.05) is 48.5 Å². The van der Waals surface area contributed by atoms with Gasteiger partial charge in [-0.05, 0) is 42.8 Å². The molecule has 0 saturated heterocycles. The standard InChI is InChI=1S/C22H23N5O3S/c1-29-16-11-9-15(10-12-16)21-26-20(30-27-21)8-4-7-19(28)23-13-14-24-22-25-17-5-2-3-6-18(17)31-22/h2-3,5-6,9-12H,4,7-8,13-14H2,1H3,(H,23,28)(H,24,25). The molecule has 2 N–H and O–H groups in total. The molecule has 0 spiro atoms. The topological polar surface area (TPSA) is 102 Å². The van der Waals surface area contributed by atoms with Crippen molar-refractivity contribution in [2.75, 3.05) is 25.5 Å². The number of hydrogen-bond donors (Lipinski definition) is 2. The van der Waals surface area contributed by atoms with E-state index in [0.717, 1.165) is 26.7 Å². The van der Waals surface area contributed by atoms with Crippen LogP contribution in [0.4, 0.5) is 5.13 Å². The zero-order valence-corrected chi connectivity index (χ0v) is 17.9. The summed E-state index contributed by atoms with van der Waals surface area (Å²) in [6, 6.07) is 15.5. The maximum absolute atomic E-state index is 12.0. The Bertz CT molecular complexity index is 1110. The highest BCUT2D eigenvalue weighted by atomic mass is 32.1. The van der Waals surface area contributed by atoms with E-state index in [-0.39, 0.29) is 5.91 Å². The summed E-state index contributed by atoms with van der Waals surface area (Å²) in [6.07, 6.45) is 1.60. The van der Waals surface area contributed by atoms with E-state index in [1.54, 1.807) is 18.4 Å².